The van der Waals surface area contributed by atoms with Crippen molar-refractivity contribution in [2.75, 3.05) is 0 Å². The van der Waals surface area contributed by atoms with Gasteiger partial charge in [0.1, 0.15) is 0 Å². The fraction of sp³-hybridized carbons (Fsp3) is 0.500. The Kier molecular flexibility index (Phi) is 40.5. The Hall–Kier alpha value is -5.73. The second-order valence-corrected chi connectivity index (χ2v) is 37.0. The molecule has 0 aromatic carbocycles. The first kappa shape index (κ1) is 89.5. The summed E-state index contributed by atoms with van der Waals surface area (Å²) in [4.78, 5) is 55.2. The van der Waals surface area contributed by atoms with E-state index in [0.717, 1.165) is 188 Å². The van der Waals surface area contributed by atoms with Crippen LogP contribution in [0.25, 0.3) is 18.2 Å². The second-order valence-electron chi connectivity index (χ2n) is 29.5. The first-order valence-electron chi connectivity index (χ1n) is 41.8. The number of allylic oxidation sites excluding steroid dienone is 24. The zero-order valence-electron chi connectivity index (χ0n) is 67.7. The van der Waals surface area contributed by atoms with Gasteiger partial charge in [-0.25, -0.2) is 0 Å². The number of ketones is 3. The highest BCUT2D eigenvalue weighted by molar-refractivity contribution is 8.07. The van der Waals surface area contributed by atoms with E-state index in [0.29, 0.717) is 33.4 Å². The van der Waals surface area contributed by atoms with Crippen LogP contribution < -0.4 is 15.3 Å². The minimum absolute atomic E-state index is 0.106. The van der Waals surface area contributed by atoms with Gasteiger partial charge in [0.25, 0.3) is 0 Å². The molecule has 0 N–H and O–H groups in total. The summed E-state index contributed by atoms with van der Waals surface area (Å²) in [6.45, 7) is 26.5. The van der Waals surface area contributed by atoms with Gasteiger partial charge in [-0.3, -0.25) is 14.4 Å². The maximum atomic E-state index is 13.2. The van der Waals surface area contributed by atoms with Crippen LogP contribution in [0.15, 0.2) is 188 Å². The van der Waals surface area contributed by atoms with E-state index in [1.807, 2.05) is 93.6 Å². The standard InChI is InChI=1S/C36H50O2S2.C32H42O2S2.C28H34O2S2/c1-5-9-13-17-29-21-27(22-30(39-29)18-14-10-6-2)25-33-35(37)34(36(33)38)26-28-23-31(19-15-11-7-3)40-32(24-28)20-16-12-8-4;1-5-9-13-25-17-23(18-26(35-25)14-10-6-2)21-29-31(33)30(32(29)34)22-24-19-27(15-11-7-3)36-28(20-24)16-12-8-4;1-5-9-21-13-19(14-22(31-21)10-6-2)17-25-27(29)26(28(25)30)18-20-15-23(11-7-3)32-24(16-20)12-8-4/h21-26H,5-20H2,1-4H3;17-22H,5-16H2,1-4H3;13-18H,5-12H2,1-4H3. The predicted molar refractivity (Wildman–Crippen MR) is 471 cm³/mol. The average Bonchev–Trinajstić information content (AvgIpc) is 0.780. The molecule has 3 aliphatic carbocycles. The number of carbonyl (C=O) groups is 3. The highest BCUT2D eigenvalue weighted by Gasteiger charge is 2.30. The minimum Gasteiger partial charge on any atom is -0.871 e. The SMILES string of the molecule is CCCC1=CC(=CC2=C([O-])/C(=C/c3cc(CCC)[s+]c(CCC)c3)C2=O)C=C(CCC)S1.CCCCC1=CC(=CC2=C([O-])/C(=C/c3cc(CCCC)[s+]c(CCCC)c3)C2=O)C=C(CCCC)S1.CCCCCC1=CC(=CC2=C([O-])/C(=C/c3cc(CCCCC)[s+]c(CCCCC)c3)C2=O)C=C(CCCCC)S1. The van der Waals surface area contributed by atoms with Gasteiger partial charge in [-0.05, 0) is 238 Å². The van der Waals surface area contributed by atoms with Crippen LogP contribution in [0.5, 0.6) is 0 Å². The van der Waals surface area contributed by atoms with E-state index in [9.17, 15) is 29.7 Å². The Morgan fingerprint density at radius 3 is 0.713 bits per heavy atom. The Morgan fingerprint density at radius 1 is 0.259 bits per heavy atom. The fourth-order valence-corrected chi connectivity index (χ4v) is 21.1. The zero-order chi connectivity index (χ0) is 77.7. The number of rotatable bonds is 42. The van der Waals surface area contributed by atoms with Crippen LogP contribution in [-0.2, 0) is 52.9 Å². The highest BCUT2D eigenvalue weighted by Crippen LogP contribution is 2.44. The van der Waals surface area contributed by atoms with Crippen molar-refractivity contribution < 1.29 is 29.7 Å². The molecule has 0 saturated carbocycles. The minimum atomic E-state index is -0.127. The molecule has 3 aromatic rings. The summed E-state index contributed by atoms with van der Waals surface area (Å²) in [5.74, 6) is -0.697. The van der Waals surface area contributed by atoms with Crippen LogP contribution in [0.1, 0.15) is 322 Å². The molecular weight excluding hydrogens is 1440 g/mol. The molecule has 3 aliphatic heterocycles. The van der Waals surface area contributed by atoms with Gasteiger partial charge < -0.3 is 15.3 Å². The number of carbonyl (C=O) groups excluding carboxylic acids is 3. The van der Waals surface area contributed by atoms with E-state index in [-0.39, 0.29) is 34.6 Å². The van der Waals surface area contributed by atoms with Crippen molar-refractivity contribution in [3.63, 3.8) is 0 Å². The normalized spacial score (nSPS) is 16.8. The lowest BCUT2D eigenvalue weighted by Gasteiger charge is -2.29. The van der Waals surface area contributed by atoms with Crippen LogP contribution in [0.2, 0.25) is 0 Å². The van der Waals surface area contributed by atoms with Crippen molar-refractivity contribution in [3.8, 4) is 0 Å². The van der Waals surface area contributed by atoms with Crippen molar-refractivity contribution in [1.82, 2.24) is 0 Å². The Balaban J connectivity index is 0.000000227. The first-order valence-corrected chi connectivity index (χ1v) is 46.7. The molecule has 0 bridgehead atoms. The third-order valence-corrected chi connectivity index (χ3v) is 26.5. The van der Waals surface area contributed by atoms with Crippen LogP contribution in [0, 0.1) is 0 Å². The van der Waals surface area contributed by atoms with Gasteiger partial charge in [0.05, 0.1) is 0 Å². The Labute approximate surface area is 677 Å². The summed E-state index contributed by atoms with van der Waals surface area (Å²) >= 11 is 11.2. The largest absolute Gasteiger partial charge is 0.871 e. The van der Waals surface area contributed by atoms with Gasteiger partial charge >= 0.3 is 0 Å². The van der Waals surface area contributed by atoms with E-state index in [4.69, 9.17) is 0 Å². The van der Waals surface area contributed by atoms with Crippen LogP contribution >= 0.6 is 69.3 Å². The molecule has 12 heteroatoms. The van der Waals surface area contributed by atoms with E-state index >= 15 is 0 Å². The number of hydrogen-bond donors (Lipinski definition) is 0. The average molecular weight is 1570 g/mol. The summed E-state index contributed by atoms with van der Waals surface area (Å²) in [6, 6.07) is 13.0. The molecule has 0 fully saturated rings. The maximum Gasteiger partial charge on any atom is 0.218 e. The smallest absolute Gasteiger partial charge is 0.218 e. The lowest BCUT2D eigenvalue weighted by atomic mass is 9.85. The summed E-state index contributed by atoms with van der Waals surface area (Å²) < 4.78 is 0. The monoisotopic (exact) mass is 1570 g/mol. The zero-order valence-corrected chi connectivity index (χ0v) is 72.6. The molecule has 0 radical (unpaired) electrons. The molecular formula is C96H126O6S6. The lowest BCUT2D eigenvalue weighted by molar-refractivity contribution is -0.301. The van der Waals surface area contributed by atoms with E-state index in [1.54, 1.807) is 12.2 Å². The number of Topliss-reactive ketones (excluding diaryl/α,β-unsaturated/α-hetero) is 3. The van der Waals surface area contributed by atoms with Gasteiger partial charge in [-0.15, -0.1) is 0 Å². The number of unbranched alkanes of at least 4 members (excludes halogenated alkanes) is 12. The second kappa shape index (κ2) is 48.9. The molecule has 108 heavy (non-hydrogen) atoms. The fourth-order valence-electron chi connectivity index (χ4n) is 13.5. The van der Waals surface area contributed by atoms with Gasteiger partial charge in [0, 0.05) is 108 Å². The highest BCUT2D eigenvalue weighted by atomic mass is 32.2. The summed E-state index contributed by atoms with van der Waals surface area (Å²) in [5.41, 5.74) is 7.92. The van der Waals surface area contributed by atoms with Gasteiger partial charge in [0.15, 0.2) is 17.3 Å². The number of aryl methyl sites for hydroxylation is 6. The first-order chi connectivity index (χ1) is 52.4. The van der Waals surface area contributed by atoms with Crippen molar-refractivity contribution >= 4 is 105 Å². The third kappa shape index (κ3) is 28.5. The molecule has 9 rings (SSSR count). The molecule has 6 aliphatic rings. The maximum absolute atomic E-state index is 13.2. The molecule has 0 atom stereocenters. The molecule has 0 spiro atoms. The molecule has 6 heterocycles. The summed E-state index contributed by atoms with van der Waals surface area (Å²) in [5, 5.41) is 39.1. The van der Waals surface area contributed by atoms with Crippen molar-refractivity contribution in [3.05, 3.63) is 234 Å². The summed E-state index contributed by atoms with van der Waals surface area (Å²) in [6.07, 6.45) is 64.7. The van der Waals surface area contributed by atoms with E-state index < -0.39 is 0 Å². The van der Waals surface area contributed by atoms with Gasteiger partial charge in [-0.2, -0.15) is 0 Å². The third-order valence-electron chi connectivity index (χ3n) is 19.5. The van der Waals surface area contributed by atoms with Crippen LogP contribution in [0.3, 0.4) is 0 Å². The molecule has 0 unspecified atom stereocenters. The molecule has 0 amide bonds. The molecule has 582 valence electrons. The summed E-state index contributed by atoms with van der Waals surface area (Å²) in [7, 11) is 0. The number of hydrogen-bond acceptors (Lipinski definition) is 9. The quantitative estimate of drug-likeness (QED) is 0.0310. The number of thioether (sulfide) groups is 3. The van der Waals surface area contributed by atoms with Crippen molar-refractivity contribution in [2.24, 2.45) is 0 Å². The topological polar surface area (TPSA) is 120 Å². The predicted octanol–water partition coefficient (Wildman–Crippen LogP) is 27.3. The van der Waals surface area contributed by atoms with Crippen LogP contribution in [-0.4, -0.2) is 17.3 Å². The van der Waals surface area contributed by atoms with Crippen molar-refractivity contribution in [2.45, 2.75) is 314 Å². The van der Waals surface area contributed by atoms with Gasteiger partial charge in [0.2, 0.25) is 63.3 Å². The van der Waals surface area contributed by atoms with Gasteiger partial charge in [-0.1, -0.05) is 226 Å². The Morgan fingerprint density at radius 2 is 0.472 bits per heavy atom. The molecule has 6 nitrogen and oxygen atoms in total. The van der Waals surface area contributed by atoms with E-state index in [1.165, 1.54) is 136 Å². The van der Waals surface area contributed by atoms with E-state index in [2.05, 4.69) is 156 Å². The van der Waals surface area contributed by atoms with Crippen molar-refractivity contribution in [1.29, 1.82) is 0 Å². The van der Waals surface area contributed by atoms with Crippen LogP contribution in [0.4, 0.5) is 0 Å². The lowest BCUT2D eigenvalue weighted by Crippen LogP contribution is -2.29. The Bertz CT molecular complexity index is 3920. The molecule has 3 aromatic heterocycles. The molecule has 0 saturated heterocycles.